The number of benzene rings is 1. The molecule has 134 valence electrons. The summed E-state index contributed by atoms with van der Waals surface area (Å²) in [6, 6.07) is 10.7. The first-order valence-electron chi connectivity index (χ1n) is 8.88. The number of nitrogens with one attached hydrogen (secondary N) is 2. The summed E-state index contributed by atoms with van der Waals surface area (Å²) in [6.07, 6.45) is 1.05. The average Bonchev–Trinajstić information content (AvgIpc) is 2.59. The maximum absolute atomic E-state index is 5.37. The second-order valence-corrected chi connectivity index (χ2v) is 7.13. The molecular formula is C19H32N4O. The van der Waals surface area contributed by atoms with Gasteiger partial charge in [-0.15, -0.1) is 0 Å². The van der Waals surface area contributed by atoms with Gasteiger partial charge in [0, 0.05) is 39.8 Å². The number of guanidine groups is 1. The van der Waals surface area contributed by atoms with Gasteiger partial charge >= 0.3 is 0 Å². The van der Waals surface area contributed by atoms with E-state index >= 15 is 0 Å². The van der Waals surface area contributed by atoms with Gasteiger partial charge in [-0.25, -0.2) is 0 Å². The van der Waals surface area contributed by atoms with Crippen molar-refractivity contribution in [2.45, 2.75) is 20.3 Å². The third kappa shape index (κ3) is 6.89. The van der Waals surface area contributed by atoms with Gasteiger partial charge in [0.05, 0.1) is 13.2 Å². The van der Waals surface area contributed by atoms with Crippen molar-refractivity contribution in [1.29, 1.82) is 0 Å². The first-order chi connectivity index (χ1) is 11.6. The van der Waals surface area contributed by atoms with Gasteiger partial charge in [-0.1, -0.05) is 44.2 Å². The maximum atomic E-state index is 5.37. The van der Waals surface area contributed by atoms with Gasteiger partial charge in [0.25, 0.3) is 0 Å². The van der Waals surface area contributed by atoms with Crippen molar-refractivity contribution in [2.75, 3.05) is 53.0 Å². The molecule has 1 heterocycles. The van der Waals surface area contributed by atoms with E-state index in [1.54, 1.807) is 0 Å². The molecule has 0 unspecified atom stereocenters. The summed E-state index contributed by atoms with van der Waals surface area (Å²) in [5, 5.41) is 6.87. The Balaban J connectivity index is 1.69. The summed E-state index contributed by atoms with van der Waals surface area (Å²) < 4.78 is 5.37. The van der Waals surface area contributed by atoms with Crippen LogP contribution in [0.4, 0.5) is 0 Å². The zero-order valence-corrected chi connectivity index (χ0v) is 15.3. The minimum absolute atomic E-state index is 0.170. The minimum atomic E-state index is 0.170. The van der Waals surface area contributed by atoms with Crippen LogP contribution in [-0.2, 0) is 11.2 Å². The van der Waals surface area contributed by atoms with Crippen LogP contribution in [0.1, 0.15) is 19.4 Å². The van der Waals surface area contributed by atoms with E-state index in [0.717, 1.165) is 58.3 Å². The highest BCUT2D eigenvalue weighted by molar-refractivity contribution is 5.79. The van der Waals surface area contributed by atoms with Crippen molar-refractivity contribution in [3.8, 4) is 0 Å². The fraction of sp³-hybridized carbons (Fsp3) is 0.632. The first kappa shape index (κ1) is 18.7. The SMILES string of the molecule is CN=C(NCCN1CCOCC1)NCC(C)(C)Cc1ccccc1. The van der Waals surface area contributed by atoms with Gasteiger partial charge in [0.1, 0.15) is 0 Å². The van der Waals surface area contributed by atoms with E-state index in [9.17, 15) is 0 Å². The standard InChI is InChI=1S/C19H32N4O/c1-19(2,15-17-7-5-4-6-8-17)16-22-18(20-3)21-9-10-23-11-13-24-14-12-23/h4-8H,9-16H2,1-3H3,(H2,20,21,22). The monoisotopic (exact) mass is 332 g/mol. The van der Waals surface area contributed by atoms with Crippen molar-refractivity contribution < 1.29 is 4.74 Å². The molecule has 0 bridgehead atoms. The number of rotatable bonds is 7. The Kier molecular flexibility index (Phi) is 7.53. The van der Waals surface area contributed by atoms with Crippen LogP contribution in [0.5, 0.6) is 0 Å². The number of hydrogen-bond donors (Lipinski definition) is 2. The molecule has 1 saturated heterocycles. The molecule has 0 radical (unpaired) electrons. The molecule has 2 rings (SSSR count). The van der Waals surface area contributed by atoms with Crippen LogP contribution in [-0.4, -0.2) is 63.8 Å². The highest BCUT2D eigenvalue weighted by Gasteiger charge is 2.19. The molecular weight excluding hydrogens is 300 g/mol. The fourth-order valence-corrected chi connectivity index (χ4v) is 2.91. The van der Waals surface area contributed by atoms with Gasteiger partial charge in [-0.2, -0.15) is 0 Å². The third-order valence-corrected chi connectivity index (χ3v) is 4.31. The zero-order chi connectivity index (χ0) is 17.3. The lowest BCUT2D eigenvalue weighted by Gasteiger charge is -2.28. The summed E-state index contributed by atoms with van der Waals surface area (Å²) in [6.45, 7) is 11.1. The molecule has 1 aromatic rings. The number of ether oxygens (including phenoxy) is 1. The lowest BCUT2D eigenvalue weighted by Crippen LogP contribution is -2.46. The van der Waals surface area contributed by atoms with Crippen molar-refractivity contribution in [2.24, 2.45) is 10.4 Å². The molecule has 1 aliphatic heterocycles. The first-order valence-corrected chi connectivity index (χ1v) is 8.88. The molecule has 1 fully saturated rings. The summed E-state index contributed by atoms with van der Waals surface area (Å²) in [5.41, 5.74) is 1.54. The molecule has 0 aromatic heterocycles. The molecule has 0 spiro atoms. The Hall–Kier alpha value is -1.59. The molecule has 0 atom stereocenters. The van der Waals surface area contributed by atoms with E-state index in [4.69, 9.17) is 4.74 Å². The molecule has 5 heteroatoms. The van der Waals surface area contributed by atoms with Gasteiger partial charge in [0.15, 0.2) is 5.96 Å². The summed E-state index contributed by atoms with van der Waals surface area (Å²) >= 11 is 0. The van der Waals surface area contributed by atoms with Gasteiger partial charge in [0.2, 0.25) is 0 Å². The van der Waals surface area contributed by atoms with E-state index in [0.29, 0.717) is 0 Å². The molecule has 1 aliphatic rings. The number of nitrogens with zero attached hydrogens (tertiary/aromatic N) is 2. The second-order valence-electron chi connectivity index (χ2n) is 7.13. The fourth-order valence-electron chi connectivity index (χ4n) is 2.91. The normalized spacial score (nSPS) is 16.9. The lowest BCUT2D eigenvalue weighted by atomic mass is 9.86. The van der Waals surface area contributed by atoms with E-state index in [1.165, 1.54) is 5.56 Å². The van der Waals surface area contributed by atoms with Crippen LogP contribution in [0.15, 0.2) is 35.3 Å². The van der Waals surface area contributed by atoms with Crippen LogP contribution in [0, 0.1) is 5.41 Å². The van der Waals surface area contributed by atoms with Crippen molar-refractivity contribution in [1.82, 2.24) is 15.5 Å². The van der Waals surface area contributed by atoms with Crippen molar-refractivity contribution >= 4 is 5.96 Å². The van der Waals surface area contributed by atoms with Crippen LogP contribution in [0.3, 0.4) is 0 Å². The second kappa shape index (κ2) is 9.64. The van der Waals surface area contributed by atoms with Crippen molar-refractivity contribution in [3.63, 3.8) is 0 Å². The number of hydrogen-bond acceptors (Lipinski definition) is 3. The van der Waals surface area contributed by atoms with E-state index in [2.05, 4.69) is 64.7 Å². The molecule has 0 aliphatic carbocycles. The smallest absolute Gasteiger partial charge is 0.191 e. The quantitative estimate of drug-likeness (QED) is 0.590. The Bertz CT molecular complexity index is 495. The van der Waals surface area contributed by atoms with Gasteiger partial charge in [-0.05, 0) is 17.4 Å². The molecule has 2 N–H and O–H groups in total. The summed E-state index contributed by atoms with van der Waals surface area (Å²) in [5.74, 6) is 0.879. The number of aliphatic imine (C=N–C) groups is 1. The Labute approximate surface area is 146 Å². The predicted molar refractivity (Wildman–Crippen MR) is 101 cm³/mol. The molecule has 0 amide bonds. The largest absolute Gasteiger partial charge is 0.379 e. The number of morpholine rings is 1. The van der Waals surface area contributed by atoms with Crippen LogP contribution >= 0.6 is 0 Å². The van der Waals surface area contributed by atoms with E-state index in [1.807, 2.05) is 7.05 Å². The van der Waals surface area contributed by atoms with Gasteiger partial charge < -0.3 is 15.4 Å². The van der Waals surface area contributed by atoms with Crippen molar-refractivity contribution in [3.05, 3.63) is 35.9 Å². The average molecular weight is 332 g/mol. The van der Waals surface area contributed by atoms with Crippen LogP contribution < -0.4 is 10.6 Å². The van der Waals surface area contributed by atoms with Gasteiger partial charge in [-0.3, -0.25) is 9.89 Å². The summed E-state index contributed by atoms with van der Waals surface area (Å²) in [4.78, 5) is 6.75. The molecule has 1 aromatic carbocycles. The Morgan fingerprint density at radius 3 is 2.54 bits per heavy atom. The lowest BCUT2D eigenvalue weighted by molar-refractivity contribution is 0.0389. The van der Waals surface area contributed by atoms with E-state index in [-0.39, 0.29) is 5.41 Å². The van der Waals surface area contributed by atoms with Crippen LogP contribution in [0.25, 0.3) is 0 Å². The topological polar surface area (TPSA) is 48.9 Å². The molecule has 5 nitrogen and oxygen atoms in total. The third-order valence-electron chi connectivity index (χ3n) is 4.31. The van der Waals surface area contributed by atoms with Crippen LogP contribution in [0.2, 0.25) is 0 Å². The molecule has 24 heavy (non-hydrogen) atoms. The Morgan fingerprint density at radius 1 is 1.17 bits per heavy atom. The summed E-state index contributed by atoms with van der Waals surface area (Å²) in [7, 11) is 1.83. The highest BCUT2D eigenvalue weighted by atomic mass is 16.5. The Morgan fingerprint density at radius 2 is 1.88 bits per heavy atom. The maximum Gasteiger partial charge on any atom is 0.191 e. The van der Waals surface area contributed by atoms with E-state index < -0.39 is 0 Å². The highest BCUT2D eigenvalue weighted by Crippen LogP contribution is 2.20. The zero-order valence-electron chi connectivity index (χ0n) is 15.3. The molecule has 0 saturated carbocycles. The predicted octanol–water partition coefficient (Wildman–Crippen LogP) is 1.75. The minimum Gasteiger partial charge on any atom is -0.379 e.